The van der Waals surface area contributed by atoms with Crippen LogP contribution in [-0.4, -0.2) is 11.2 Å². The summed E-state index contributed by atoms with van der Waals surface area (Å²) >= 11 is 0. The standard InChI is InChI=1S/C11H24O/c1-4-11(5-2)9-7-6-8-10(3)12/h10-12H,4-9H2,1-3H3. The molecule has 1 N–H and O–H groups in total. The minimum Gasteiger partial charge on any atom is -0.393 e. The van der Waals surface area contributed by atoms with Crippen molar-refractivity contribution < 1.29 is 5.11 Å². The third kappa shape index (κ3) is 6.66. The van der Waals surface area contributed by atoms with Crippen molar-refractivity contribution >= 4 is 0 Å². The summed E-state index contributed by atoms with van der Waals surface area (Å²) in [7, 11) is 0. The fourth-order valence-electron chi connectivity index (χ4n) is 1.57. The van der Waals surface area contributed by atoms with Gasteiger partial charge in [0.1, 0.15) is 0 Å². The van der Waals surface area contributed by atoms with Crippen molar-refractivity contribution in [2.75, 3.05) is 0 Å². The molecule has 0 aromatic heterocycles. The lowest BCUT2D eigenvalue weighted by molar-refractivity contribution is 0.179. The molecule has 0 aromatic rings. The molecule has 0 spiro atoms. The van der Waals surface area contributed by atoms with Crippen LogP contribution in [0.1, 0.15) is 59.3 Å². The zero-order chi connectivity index (χ0) is 9.40. The highest BCUT2D eigenvalue weighted by Crippen LogP contribution is 2.16. The zero-order valence-corrected chi connectivity index (χ0v) is 8.84. The van der Waals surface area contributed by atoms with Crippen LogP contribution in [0.5, 0.6) is 0 Å². The average molecular weight is 172 g/mol. The Morgan fingerprint density at radius 1 is 1.00 bits per heavy atom. The molecule has 0 heterocycles. The van der Waals surface area contributed by atoms with Crippen LogP contribution in [0.2, 0.25) is 0 Å². The van der Waals surface area contributed by atoms with E-state index in [1.807, 2.05) is 6.92 Å². The molecule has 0 aliphatic heterocycles. The van der Waals surface area contributed by atoms with Crippen LogP contribution < -0.4 is 0 Å². The third-order valence-electron chi connectivity index (χ3n) is 2.64. The maximum Gasteiger partial charge on any atom is 0.0512 e. The van der Waals surface area contributed by atoms with Gasteiger partial charge in [-0.25, -0.2) is 0 Å². The van der Waals surface area contributed by atoms with Crippen molar-refractivity contribution in [2.45, 2.75) is 65.4 Å². The van der Waals surface area contributed by atoms with Crippen LogP contribution in [0, 0.1) is 5.92 Å². The van der Waals surface area contributed by atoms with E-state index in [0.29, 0.717) is 0 Å². The van der Waals surface area contributed by atoms with Crippen molar-refractivity contribution in [3.8, 4) is 0 Å². The highest BCUT2D eigenvalue weighted by atomic mass is 16.3. The van der Waals surface area contributed by atoms with E-state index in [1.54, 1.807) is 0 Å². The number of aliphatic hydroxyl groups is 1. The summed E-state index contributed by atoms with van der Waals surface area (Å²) in [5.41, 5.74) is 0. The van der Waals surface area contributed by atoms with E-state index in [-0.39, 0.29) is 6.10 Å². The van der Waals surface area contributed by atoms with E-state index in [9.17, 15) is 0 Å². The predicted molar refractivity (Wildman–Crippen MR) is 54.2 cm³/mol. The first kappa shape index (κ1) is 12.0. The third-order valence-corrected chi connectivity index (χ3v) is 2.64. The van der Waals surface area contributed by atoms with Gasteiger partial charge in [0, 0.05) is 0 Å². The topological polar surface area (TPSA) is 20.2 Å². The quantitative estimate of drug-likeness (QED) is 0.584. The molecule has 0 radical (unpaired) electrons. The molecule has 1 unspecified atom stereocenters. The second kappa shape index (κ2) is 7.60. The minimum atomic E-state index is -0.105. The van der Waals surface area contributed by atoms with Gasteiger partial charge in [-0.1, -0.05) is 46.0 Å². The van der Waals surface area contributed by atoms with Crippen LogP contribution in [0.25, 0.3) is 0 Å². The summed E-state index contributed by atoms with van der Waals surface area (Å²) in [5, 5.41) is 9.03. The number of unbranched alkanes of at least 4 members (excludes halogenated alkanes) is 1. The Morgan fingerprint density at radius 3 is 1.92 bits per heavy atom. The highest BCUT2D eigenvalue weighted by Gasteiger charge is 2.03. The van der Waals surface area contributed by atoms with Gasteiger partial charge in [-0.2, -0.15) is 0 Å². The molecule has 0 aliphatic rings. The van der Waals surface area contributed by atoms with Crippen LogP contribution >= 0.6 is 0 Å². The van der Waals surface area contributed by atoms with Gasteiger partial charge in [0.05, 0.1) is 6.10 Å². The molecule has 0 bridgehead atoms. The minimum absolute atomic E-state index is 0.105. The summed E-state index contributed by atoms with van der Waals surface area (Å²) in [6.07, 6.45) is 7.31. The molecule has 0 aliphatic carbocycles. The fraction of sp³-hybridized carbons (Fsp3) is 1.00. The number of rotatable bonds is 7. The molecular formula is C11H24O. The number of aliphatic hydroxyl groups excluding tert-OH is 1. The van der Waals surface area contributed by atoms with Crippen molar-refractivity contribution in [3.05, 3.63) is 0 Å². The summed E-state index contributed by atoms with van der Waals surface area (Å²) in [6.45, 7) is 6.41. The van der Waals surface area contributed by atoms with Crippen molar-refractivity contribution in [1.29, 1.82) is 0 Å². The van der Waals surface area contributed by atoms with E-state index in [4.69, 9.17) is 5.11 Å². The number of hydrogen-bond acceptors (Lipinski definition) is 1. The Morgan fingerprint density at radius 2 is 1.50 bits per heavy atom. The van der Waals surface area contributed by atoms with Crippen LogP contribution in [-0.2, 0) is 0 Å². The Kier molecular flexibility index (Phi) is 7.58. The van der Waals surface area contributed by atoms with E-state index >= 15 is 0 Å². The predicted octanol–water partition coefficient (Wildman–Crippen LogP) is 3.36. The molecule has 0 rings (SSSR count). The lowest BCUT2D eigenvalue weighted by atomic mass is 9.96. The first-order valence-corrected chi connectivity index (χ1v) is 5.38. The molecule has 1 atom stereocenters. The maximum absolute atomic E-state index is 9.03. The summed E-state index contributed by atoms with van der Waals surface area (Å²) in [4.78, 5) is 0. The van der Waals surface area contributed by atoms with E-state index < -0.39 is 0 Å². The molecule has 1 heteroatoms. The van der Waals surface area contributed by atoms with Gasteiger partial charge in [0.25, 0.3) is 0 Å². The van der Waals surface area contributed by atoms with E-state index in [2.05, 4.69) is 13.8 Å². The monoisotopic (exact) mass is 172 g/mol. The molecular weight excluding hydrogens is 148 g/mol. The van der Waals surface area contributed by atoms with E-state index in [0.717, 1.165) is 12.3 Å². The van der Waals surface area contributed by atoms with E-state index in [1.165, 1.54) is 32.1 Å². The summed E-state index contributed by atoms with van der Waals surface area (Å²) < 4.78 is 0. The van der Waals surface area contributed by atoms with Gasteiger partial charge < -0.3 is 5.11 Å². The fourth-order valence-corrected chi connectivity index (χ4v) is 1.57. The second-order valence-electron chi connectivity index (χ2n) is 3.82. The summed E-state index contributed by atoms with van der Waals surface area (Å²) in [6, 6.07) is 0. The van der Waals surface area contributed by atoms with Crippen LogP contribution in [0.4, 0.5) is 0 Å². The molecule has 0 amide bonds. The highest BCUT2D eigenvalue weighted by molar-refractivity contribution is 4.56. The van der Waals surface area contributed by atoms with Crippen molar-refractivity contribution in [1.82, 2.24) is 0 Å². The molecule has 12 heavy (non-hydrogen) atoms. The Balaban J connectivity index is 3.17. The largest absolute Gasteiger partial charge is 0.393 e. The summed E-state index contributed by atoms with van der Waals surface area (Å²) in [5.74, 6) is 0.916. The van der Waals surface area contributed by atoms with Gasteiger partial charge in [-0.3, -0.25) is 0 Å². The number of hydrogen-bond donors (Lipinski definition) is 1. The Hall–Kier alpha value is -0.0400. The first-order chi connectivity index (χ1) is 5.70. The van der Waals surface area contributed by atoms with Gasteiger partial charge in [0.2, 0.25) is 0 Å². The normalized spacial score (nSPS) is 13.8. The molecule has 1 nitrogen and oxygen atoms in total. The van der Waals surface area contributed by atoms with Crippen molar-refractivity contribution in [2.24, 2.45) is 5.92 Å². The molecule has 0 aromatic carbocycles. The average Bonchev–Trinajstić information content (AvgIpc) is 2.04. The first-order valence-electron chi connectivity index (χ1n) is 5.38. The molecule has 74 valence electrons. The lowest BCUT2D eigenvalue weighted by Gasteiger charge is -2.11. The molecule has 0 saturated carbocycles. The van der Waals surface area contributed by atoms with Crippen LogP contribution in [0.15, 0.2) is 0 Å². The Labute approximate surface area is 77.2 Å². The van der Waals surface area contributed by atoms with Gasteiger partial charge >= 0.3 is 0 Å². The zero-order valence-electron chi connectivity index (χ0n) is 8.84. The smallest absolute Gasteiger partial charge is 0.0512 e. The Bertz CT molecular complexity index is 85.0. The lowest BCUT2D eigenvalue weighted by Crippen LogP contribution is -2.00. The van der Waals surface area contributed by atoms with Gasteiger partial charge in [-0.15, -0.1) is 0 Å². The molecule has 0 fully saturated rings. The maximum atomic E-state index is 9.03. The van der Waals surface area contributed by atoms with Gasteiger partial charge in [-0.05, 0) is 19.3 Å². The van der Waals surface area contributed by atoms with Crippen molar-refractivity contribution in [3.63, 3.8) is 0 Å². The van der Waals surface area contributed by atoms with Gasteiger partial charge in [0.15, 0.2) is 0 Å². The van der Waals surface area contributed by atoms with Crippen LogP contribution in [0.3, 0.4) is 0 Å². The SMILES string of the molecule is CCC(CC)CCCCC(C)O. The molecule has 0 saturated heterocycles. The second-order valence-corrected chi connectivity index (χ2v) is 3.82.